The van der Waals surface area contributed by atoms with Gasteiger partial charge in [0, 0.05) is 30.2 Å². The molecule has 1 heterocycles. The van der Waals surface area contributed by atoms with E-state index in [9.17, 15) is 4.79 Å². The summed E-state index contributed by atoms with van der Waals surface area (Å²) in [5.74, 6) is 0.970. The van der Waals surface area contributed by atoms with E-state index < -0.39 is 0 Å². The summed E-state index contributed by atoms with van der Waals surface area (Å²) in [5, 5.41) is 0. The van der Waals surface area contributed by atoms with Crippen molar-refractivity contribution in [1.29, 1.82) is 0 Å². The summed E-state index contributed by atoms with van der Waals surface area (Å²) in [7, 11) is 0. The first-order chi connectivity index (χ1) is 10.7. The number of hydrogen-bond acceptors (Lipinski definition) is 2. The van der Waals surface area contributed by atoms with Crippen molar-refractivity contribution in [2.45, 2.75) is 12.8 Å². The minimum absolute atomic E-state index is 0.164. The van der Waals surface area contributed by atoms with Gasteiger partial charge in [-0.15, -0.1) is 11.6 Å². The number of nitrogens with zero attached hydrogens (tertiary/aromatic N) is 1. The molecular weight excluding hydrogens is 296 g/mol. The molecule has 1 aliphatic heterocycles. The van der Waals surface area contributed by atoms with Crippen LogP contribution in [0.15, 0.2) is 48.5 Å². The van der Waals surface area contributed by atoms with E-state index >= 15 is 0 Å². The Morgan fingerprint density at radius 1 is 1.05 bits per heavy atom. The van der Waals surface area contributed by atoms with Gasteiger partial charge in [-0.05, 0) is 47.7 Å². The maximum absolute atomic E-state index is 12.0. The summed E-state index contributed by atoms with van der Waals surface area (Å²) in [6.07, 6.45) is 1.41. The first kappa shape index (κ1) is 14.9. The number of anilines is 2. The molecule has 0 saturated carbocycles. The molecule has 1 fully saturated rings. The molecular formula is C18H19ClN2O. The van der Waals surface area contributed by atoms with Crippen LogP contribution >= 0.6 is 11.6 Å². The molecule has 1 saturated heterocycles. The lowest BCUT2D eigenvalue weighted by Gasteiger charge is -2.17. The number of halogens is 1. The molecule has 1 aliphatic rings. The molecule has 1 unspecified atom stereocenters. The summed E-state index contributed by atoms with van der Waals surface area (Å²) < 4.78 is 0. The number of hydrogen-bond donors (Lipinski definition) is 1. The third-order valence-electron chi connectivity index (χ3n) is 4.06. The minimum atomic E-state index is 0.164. The van der Waals surface area contributed by atoms with E-state index in [4.69, 9.17) is 17.3 Å². The Hall–Kier alpha value is -2.00. The van der Waals surface area contributed by atoms with Gasteiger partial charge in [-0.3, -0.25) is 4.79 Å². The third kappa shape index (κ3) is 3.25. The first-order valence-electron chi connectivity index (χ1n) is 7.45. The van der Waals surface area contributed by atoms with Gasteiger partial charge in [0.25, 0.3) is 0 Å². The van der Waals surface area contributed by atoms with Crippen LogP contribution in [0.4, 0.5) is 11.4 Å². The molecule has 3 rings (SSSR count). The Morgan fingerprint density at radius 2 is 1.64 bits per heavy atom. The molecule has 1 amide bonds. The second-order valence-electron chi connectivity index (χ2n) is 5.81. The zero-order chi connectivity index (χ0) is 15.5. The zero-order valence-corrected chi connectivity index (χ0v) is 13.1. The monoisotopic (exact) mass is 314 g/mol. The maximum Gasteiger partial charge on any atom is 0.227 e. The number of amides is 1. The van der Waals surface area contributed by atoms with Gasteiger partial charge in [-0.2, -0.15) is 0 Å². The van der Waals surface area contributed by atoms with Gasteiger partial charge < -0.3 is 10.6 Å². The topological polar surface area (TPSA) is 46.3 Å². The van der Waals surface area contributed by atoms with Gasteiger partial charge in [-0.25, -0.2) is 0 Å². The number of nitrogen functional groups attached to an aromatic ring is 1. The summed E-state index contributed by atoms with van der Waals surface area (Å²) in [6.45, 7) is 0.722. The quantitative estimate of drug-likeness (QED) is 0.694. The molecule has 0 spiro atoms. The molecule has 0 aromatic heterocycles. The lowest BCUT2D eigenvalue weighted by atomic mass is 10.0. The zero-order valence-electron chi connectivity index (χ0n) is 12.3. The molecule has 22 heavy (non-hydrogen) atoms. The van der Waals surface area contributed by atoms with Gasteiger partial charge in [0.05, 0.1) is 0 Å². The molecule has 3 nitrogen and oxygen atoms in total. The molecule has 2 N–H and O–H groups in total. The summed E-state index contributed by atoms with van der Waals surface area (Å²) >= 11 is 5.86. The van der Waals surface area contributed by atoms with E-state index in [1.165, 1.54) is 11.1 Å². The van der Waals surface area contributed by atoms with Crippen molar-refractivity contribution in [2.24, 2.45) is 5.92 Å². The van der Waals surface area contributed by atoms with Crippen molar-refractivity contribution in [1.82, 2.24) is 0 Å². The molecule has 0 bridgehead atoms. The van der Waals surface area contributed by atoms with Gasteiger partial charge in [-0.1, -0.05) is 24.3 Å². The second kappa shape index (κ2) is 6.41. The molecule has 0 aliphatic carbocycles. The van der Waals surface area contributed by atoms with E-state index in [1.54, 1.807) is 0 Å². The minimum Gasteiger partial charge on any atom is -0.399 e. The van der Waals surface area contributed by atoms with Crippen LogP contribution < -0.4 is 10.6 Å². The van der Waals surface area contributed by atoms with E-state index in [-0.39, 0.29) is 11.8 Å². The van der Waals surface area contributed by atoms with Crippen LogP contribution in [0.25, 0.3) is 0 Å². The van der Waals surface area contributed by atoms with Crippen LogP contribution in [0, 0.1) is 5.92 Å². The number of alkyl halides is 1. The van der Waals surface area contributed by atoms with Crippen molar-refractivity contribution in [3.63, 3.8) is 0 Å². The predicted molar refractivity (Wildman–Crippen MR) is 91.3 cm³/mol. The van der Waals surface area contributed by atoms with E-state index in [2.05, 4.69) is 12.1 Å². The van der Waals surface area contributed by atoms with Crippen molar-refractivity contribution in [2.75, 3.05) is 23.1 Å². The third-order valence-corrected chi connectivity index (χ3v) is 4.50. The van der Waals surface area contributed by atoms with Crippen LogP contribution in [0.2, 0.25) is 0 Å². The summed E-state index contributed by atoms with van der Waals surface area (Å²) in [4.78, 5) is 13.8. The van der Waals surface area contributed by atoms with Gasteiger partial charge in [0.15, 0.2) is 0 Å². The van der Waals surface area contributed by atoms with Crippen molar-refractivity contribution < 1.29 is 4.79 Å². The maximum atomic E-state index is 12.0. The summed E-state index contributed by atoms with van der Waals surface area (Å²) in [5.41, 5.74) is 9.87. The largest absolute Gasteiger partial charge is 0.399 e. The van der Waals surface area contributed by atoms with Gasteiger partial charge in [0.2, 0.25) is 5.91 Å². The molecule has 2 aromatic carbocycles. The molecule has 4 heteroatoms. The molecule has 2 aromatic rings. The Labute approximate surface area is 135 Å². The predicted octanol–water partition coefficient (Wildman–Crippen LogP) is 3.45. The number of nitrogens with two attached hydrogens (primary N) is 1. The number of benzene rings is 2. The van der Waals surface area contributed by atoms with E-state index in [0.29, 0.717) is 12.3 Å². The summed E-state index contributed by atoms with van der Waals surface area (Å²) in [6, 6.07) is 16.1. The molecule has 114 valence electrons. The Morgan fingerprint density at radius 3 is 2.18 bits per heavy atom. The number of carbonyl (C=O) groups is 1. The SMILES string of the molecule is Nc1ccc(Cc2ccc(N3CC(CCl)CC3=O)cc2)cc1. The fraction of sp³-hybridized carbons (Fsp3) is 0.278. The van der Waals surface area contributed by atoms with Crippen molar-refractivity contribution in [3.05, 3.63) is 59.7 Å². The van der Waals surface area contributed by atoms with Crippen molar-refractivity contribution >= 4 is 28.9 Å². The lowest BCUT2D eigenvalue weighted by Crippen LogP contribution is -2.24. The smallest absolute Gasteiger partial charge is 0.227 e. The fourth-order valence-electron chi connectivity index (χ4n) is 2.80. The average Bonchev–Trinajstić information content (AvgIpc) is 2.91. The van der Waals surface area contributed by atoms with Crippen LogP contribution in [0.3, 0.4) is 0 Å². The fourth-order valence-corrected chi connectivity index (χ4v) is 3.01. The Bertz CT molecular complexity index is 652. The van der Waals surface area contributed by atoms with Crippen LogP contribution in [0.1, 0.15) is 17.5 Å². The van der Waals surface area contributed by atoms with Gasteiger partial charge in [0.1, 0.15) is 0 Å². The Kier molecular flexibility index (Phi) is 4.34. The molecule has 1 atom stereocenters. The number of carbonyl (C=O) groups excluding carboxylic acids is 1. The van der Waals surface area contributed by atoms with Crippen LogP contribution in [-0.4, -0.2) is 18.3 Å². The van der Waals surface area contributed by atoms with Crippen LogP contribution in [0.5, 0.6) is 0 Å². The highest BCUT2D eigenvalue weighted by Gasteiger charge is 2.29. The lowest BCUT2D eigenvalue weighted by molar-refractivity contribution is -0.117. The first-order valence-corrected chi connectivity index (χ1v) is 7.99. The normalized spacial score (nSPS) is 18.0. The highest BCUT2D eigenvalue weighted by molar-refractivity contribution is 6.18. The average molecular weight is 315 g/mol. The number of rotatable bonds is 4. The molecule has 0 radical (unpaired) electrons. The van der Waals surface area contributed by atoms with E-state index in [1.807, 2.05) is 41.3 Å². The standard InChI is InChI=1S/C18H19ClN2O/c19-11-15-10-18(22)21(12-15)17-7-3-14(4-8-17)9-13-1-5-16(20)6-2-13/h1-8,15H,9-12,20H2. The highest BCUT2D eigenvalue weighted by atomic mass is 35.5. The highest BCUT2D eigenvalue weighted by Crippen LogP contribution is 2.26. The van der Waals surface area contributed by atoms with Crippen molar-refractivity contribution in [3.8, 4) is 0 Å². The van der Waals surface area contributed by atoms with Crippen LogP contribution in [-0.2, 0) is 11.2 Å². The Balaban J connectivity index is 1.70. The second-order valence-corrected chi connectivity index (χ2v) is 6.12. The van der Waals surface area contributed by atoms with Gasteiger partial charge >= 0.3 is 0 Å². The van der Waals surface area contributed by atoms with E-state index in [0.717, 1.165) is 24.3 Å².